The van der Waals surface area contributed by atoms with Gasteiger partial charge in [0.1, 0.15) is 0 Å². The van der Waals surface area contributed by atoms with E-state index in [4.69, 9.17) is 0 Å². The molecule has 0 aromatic heterocycles. The standard InChI is InChI=1S/C22H28BrP/c1-19(2)15-17-24(23,18-16-20(3)4,21-11-7-5-8-12-21)22-13-9-6-10-14-22/h5-16H,17-18H2,1-4H3. The second-order valence-corrected chi connectivity index (χ2v) is 16.6. The average molecular weight is 403 g/mol. The molecule has 2 aromatic rings. The van der Waals surface area contributed by atoms with Crippen LogP contribution in [0.2, 0.25) is 0 Å². The number of hydrogen-bond acceptors (Lipinski definition) is 0. The molecule has 0 unspecified atom stereocenters. The Hall–Kier alpha value is -1.17. The molecule has 0 fully saturated rings. The molecule has 0 saturated heterocycles. The molecule has 0 bridgehead atoms. The van der Waals surface area contributed by atoms with Crippen molar-refractivity contribution in [1.29, 1.82) is 0 Å². The first-order chi connectivity index (χ1) is 11.4. The van der Waals surface area contributed by atoms with Gasteiger partial charge in [0, 0.05) is 0 Å². The number of allylic oxidation sites excluding steroid dienone is 4. The number of rotatable bonds is 6. The van der Waals surface area contributed by atoms with E-state index in [0.29, 0.717) is 0 Å². The molecule has 0 aliphatic heterocycles. The summed E-state index contributed by atoms with van der Waals surface area (Å²) >= 11 is 4.41. The van der Waals surface area contributed by atoms with E-state index in [1.54, 1.807) is 0 Å². The minimum absolute atomic E-state index is 1.03. The summed E-state index contributed by atoms with van der Waals surface area (Å²) in [6, 6.07) is 22.0. The van der Waals surface area contributed by atoms with Gasteiger partial charge in [0.25, 0.3) is 0 Å². The molecule has 0 aliphatic carbocycles. The van der Waals surface area contributed by atoms with Gasteiger partial charge in [-0.3, -0.25) is 0 Å². The summed E-state index contributed by atoms with van der Waals surface area (Å²) in [5.41, 5.74) is 2.74. The molecule has 0 radical (unpaired) electrons. The van der Waals surface area contributed by atoms with Gasteiger partial charge < -0.3 is 0 Å². The van der Waals surface area contributed by atoms with Crippen LogP contribution in [0, 0.1) is 0 Å². The van der Waals surface area contributed by atoms with Crippen molar-refractivity contribution < 1.29 is 0 Å². The molecule has 0 N–H and O–H groups in total. The molecule has 2 aromatic carbocycles. The molecule has 0 spiro atoms. The Bertz CT molecular complexity index is 658. The molecule has 0 heterocycles. The van der Waals surface area contributed by atoms with Gasteiger partial charge >= 0.3 is 155 Å². The van der Waals surface area contributed by atoms with Gasteiger partial charge in [-0.1, -0.05) is 0 Å². The molecular formula is C22H28BrP. The first-order valence-electron chi connectivity index (χ1n) is 8.46. The zero-order chi connectivity index (χ0) is 17.7. The quantitative estimate of drug-likeness (QED) is 0.385. The van der Waals surface area contributed by atoms with E-state index in [2.05, 4.69) is 116 Å². The van der Waals surface area contributed by atoms with Crippen LogP contribution in [0.3, 0.4) is 0 Å². The van der Waals surface area contributed by atoms with Crippen molar-refractivity contribution in [2.75, 3.05) is 12.3 Å². The van der Waals surface area contributed by atoms with Crippen molar-refractivity contribution in [3.63, 3.8) is 0 Å². The van der Waals surface area contributed by atoms with Crippen molar-refractivity contribution in [3.05, 3.63) is 84.0 Å². The Morgan fingerprint density at radius 3 is 1.33 bits per heavy atom. The molecule has 0 atom stereocenters. The monoisotopic (exact) mass is 402 g/mol. The molecule has 0 saturated carbocycles. The summed E-state index contributed by atoms with van der Waals surface area (Å²) in [7, 11) is 0. The van der Waals surface area contributed by atoms with Gasteiger partial charge in [-0.05, 0) is 0 Å². The van der Waals surface area contributed by atoms with Gasteiger partial charge in [0.2, 0.25) is 0 Å². The third-order valence-corrected chi connectivity index (χ3v) is 13.5. The van der Waals surface area contributed by atoms with Crippen LogP contribution < -0.4 is 10.6 Å². The Kier molecular flexibility index (Phi) is 6.23. The maximum absolute atomic E-state index is 4.41. The normalized spacial score (nSPS) is 12.8. The van der Waals surface area contributed by atoms with Crippen LogP contribution in [0.1, 0.15) is 27.7 Å². The van der Waals surface area contributed by atoms with E-state index in [9.17, 15) is 0 Å². The van der Waals surface area contributed by atoms with Gasteiger partial charge in [0.15, 0.2) is 0 Å². The van der Waals surface area contributed by atoms with Gasteiger partial charge in [-0.25, -0.2) is 0 Å². The molecule has 2 heteroatoms. The van der Waals surface area contributed by atoms with Crippen molar-refractivity contribution in [1.82, 2.24) is 0 Å². The van der Waals surface area contributed by atoms with E-state index >= 15 is 0 Å². The molecular weight excluding hydrogens is 375 g/mol. The number of benzene rings is 2. The van der Waals surface area contributed by atoms with Crippen LogP contribution in [-0.2, 0) is 0 Å². The first-order valence-corrected chi connectivity index (χ1v) is 13.1. The zero-order valence-corrected chi connectivity index (χ0v) is 17.6. The summed E-state index contributed by atoms with van der Waals surface area (Å²) in [5.74, 6) is 0. The van der Waals surface area contributed by atoms with Crippen molar-refractivity contribution in [2.45, 2.75) is 27.7 Å². The van der Waals surface area contributed by atoms with Gasteiger partial charge in [-0.2, -0.15) is 0 Å². The summed E-state index contributed by atoms with van der Waals surface area (Å²) in [6.45, 7) is 8.74. The second kappa shape index (κ2) is 7.81. The fraction of sp³-hybridized carbons (Fsp3) is 0.273. The fourth-order valence-corrected chi connectivity index (χ4v) is 9.71. The third kappa shape index (κ3) is 4.08. The van der Waals surface area contributed by atoms with Crippen LogP contribution in [-0.4, -0.2) is 12.3 Å². The summed E-state index contributed by atoms with van der Waals surface area (Å²) in [6.07, 6.45) is 6.86. The average Bonchev–Trinajstić information content (AvgIpc) is 2.60. The maximum atomic E-state index is 4.41. The molecule has 128 valence electrons. The van der Waals surface area contributed by atoms with E-state index < -0.39 is 5.31 Å². The molecule has 2 rings (SSSR count). The summed E-state index contributed by atoms with van der Waals surface area (Å²) in [5, 5.41) is 0.326. The van der Waals surface area contributed by atoms with Crippen LogP contribution in [0.5, 0.6) is 0 Å². The third-order valence-electron chi connectivity index (χ3n) is 4.46. The van der Waals surface area contributed by atoms with Crippen molar-refractivity contribution in [3.8, 4) is 0 Å². The van der Waals surface area contributed by atoms with Crippen LogP contribution >= 0.6 is 20.8 Å². The molecule has 0 nitrogen and oxygen atoms in total. The van der Waals surface area contributed by atoms with Gasteiger partial charge in [-0.15, -0.1) is 0 Å². The van der Waals surface area contributed by atoms with E-state index in [0.717, 1.165) is 12.3 Å². The van der Waals surface area contributed by atoms with E-state index in [1.165, 1.54) is 21.8 Å². The number of halogens is 1. The zero-order valence-electron chi connectivity index (χ0n) is 15.2. The van der Waals surface area contributed by atoms with Crippen molar-refractivity contribution >= 4 is 31.4 Å². The van der Waals surface area contributed by atoms with E-state index in [-0.39, 0.29) is 0 Å². The Labute approximate surface area is 155 Å². The van der Waals surface area contributed by atoms with Gasteiger partial charge in [0.05, 0.1) is 0 Å². The Morgan fingerprint density at radius 1 is 0.708 bits per heavy atom. The predicted octanol–water partition coefficient (Wildman–Crippen LogP) is 6.43. The Balaban J connectivity index is 2.77. The number of hydrogen-bond donors (Lipinski definition) is 0. The molecule has 0 amide bonds. The first kappa shape index (κ1) is 19.2. The van der Waals surface area contributed by atoms with Crippen LogP contribution in [0.25, 0.3) is 0 Å². The topological polar surface area (TPSA) is 0 Å². The second-order valence-electron chi connectivity index (χ2n) is 6.98. The fourth-order valence-electron chi connectivity index (χ4n) is 2.93. The molecule has 24 heavy (non-hydrogen) atoms. The van der Waals surface area contributed by atoms with E-state index in [1.807, 2.05) is 0 Å². The van der Waals surface area contributed by atoms with Crippen LogP contribution in [0.15, 0.2) is 84.0 Å². The minimum atomic E-state index is -2.52. The summed E-state index contributed by atoms with van der Waals surface area (Å²) in [4.78, 5) is 0. The van der Waals surface area contributed by atoms with Crippen LogP contribution in [0.4, 0.5) is 0 Å². The van der Waals surface area contributed by atoms with Crippen molar-refractivity contribution in [2.24, 2.45) is 0 Å². The SMILES string of the molecule is CC(C)=CCP(Br)(CC=C(C)C)(c1ccccc1)c1ccccc1. The molecule has 0 aliphatic rings. The summed E-state index contributed by atoms with van der Waals surface area (Å²) < 4.78 is 0. The Morgan fingerprint density at radius 2 is 1.04 bits per heavy atom. The predicted molar refractivity (Wildman–Crippen MR) is 117 cm³/mol.